The average Bonchev–Trinajstić information content (AvgIpc) is 3.08. The minimum absolute atomic E-state index is 0.0762. The number of thiophene rings is 1. The zero-order valence-corrected chi connectivity index (χ0v) is 16.6. The van der Waals surface area contributed by atoms with E-state index in [4.69, 9.17) is 0 Å². The molecule has 0 spiro atoms. The molecule has 140 valence electrons. The third-order valence-electron chi connectivity index (χ3n) is 4.23. The van der Waals surface area contributed by atoms with Crippen LogP contribution in [0.25, 0.3) is 0 Å². The van der Waals surface area contributed by atoms with Gasteiger partial charge in [-0.1, -0.05) is 35.9 Å². The molecular weight excluding hydrogens is 346 g/mol. The van der Waals surface area contributed by atoms with E-state index in [1.54, 1.807) is 11.3 Å². The Morgan fingerprint density at radius 1 is 1.15 bits per heavy atom. The van der Waals surface area contributed by atoms with E-state index in [0.29, 0.717) is 6.54 Å². The maximum absolute atomic E-state index is 12.5. The molecule has 6 heteroatoms. The Hall–Kier alpha value is -2.18. The summed E-state index contributed by atoms with van der Waals surface area (Å²) in [6.45, 7) is 4.01. The topological polar surface area (TPSA) is 61.4 Å². The first-order valence-electron chi connectivity index (χ1n) is 8.67. The van der Waals surface area contributed by atoms with Crippen LogP contribution in [0.2, 0.25) is 0 Å². The summed E-state index contributed by atoms with van der Waals surface area (Å²) in [4.78, 5) is 27.3. The van der Waals surface area contributed by atoms with Crippen LogP contribution in [0.4, 0.5) is 0 Å². The lowest BCUT2D eigenvalue weighted by molar-refractivity contribution is -0.123. The number of nitrogens with one attached hydrogen (secondary N) is 2. The van der Waals surface area contributed by atoms with Gasteiger partial charge in [0.1, 0.15) is 0 Å². The summed E-state index contributed by atoms with van der Waals surface area (Å²) in [5.74, 6) is -0.221. The molecular formula is C20H27N3O2S. The number of amides is 2. The Morgan fingerprint density at radius 3 is 2.38 bits per heavy atom. The molecule has 0 unspecified atom stereocenters. The molecule has 0 aliphatic rings. The summed E-state index contributed by atoms with van der Waals surface area (Å²) in [6, 6.07) is 11.8. The van der Waals surface area contributed by atoms with Crippen molar-refractivity contribution in [2.24, 2.45) is 0 Å². The Bertz CT molecular complexity index is 711. The van der Waals surface area contributed by atoms with Crippen molar-refractivity contribution in [2.45, 2.75) is 32.4 Å². The summed E-state index contributed by atoms with van der Waals surface area (Å²) < 4.78 is 0. The molecule has 5 nitrogen and oxygen atoms in total. The lowest BCUT2D eigenvalue weighted by Crippen LogP contribution is -2.37. The fourth-order valence-corrected chi connectivity index (χ4v) is 3.71. The van der Waals surface area contributed by atoms with E-state index < -0.39 is 0 Å². The van der Waals surface area contributed by atoms with Crippen molar-refractivity contribution in [3.63, 3.8) is 0 Å². The third-order valence-corrected chi connectivity index (χ3v) is 5.21. The van der Waals surface area contributed by atoms with E-state index in [2.05, 4.69) is 21.6 Å². The third kappa shape index (κ3) is 5.97. The van der Waals surface area contributed by atoms with E-state index in [9.17, 15) is 9.59 Å². The highest BCUT2D eigenvalue weighted by Crippen LogP contribution is 2.23. The van der Waals surface area contributed by atoms with Gasteiger partial charge in [-0.05, 0) is 38.0 Å². The smallest absolute Gasteiger partial charge is 0.222 e. The first-order valence-corrected chi connectivity index (χ1v) is 9.55. The fraction of sp³-hybridized carbons (Fsp3) is 0.400. The summed E-state index contributed by atoms with van der Waals surface area (Å²) in [6.07, 6.45) is 0.216. The van der Waals surface area contributed by atoms with Gasteiger partial charge in [0.15, 0.2) is 0 Å². The molecule has 26 heavy (non-hydrogen) atoms. The number of aryl methyl sites for hydroxylation is 1. The van der Waals surface area contributed by atoms with E-state index in [1.165, 1.54) is 11.8 Å². The van der Waals surface area contributed by atoms with Crippen molar-refractivity contribution in [2.75, 3.05) is 20.6 Å². The highest BCUT2D eigenvalue weighted by molar-refractivity contribution is 7.10. The molecule has 2 aromatic rings. The molecule has 2 N–H and O–H groups in total. The van der Waals surface area contributed by atoms with Crippen molar-refractivity contribution >= 4 is 23.2 Å². The van der Waals surface area contributed by atoms with E-state index >= 15 is 0 Å². The van der Waals surface area contributed by atoms with Gasteiger partial charge in [-0.2, -0.15) is 0 Å². The number of nitrogens with zero attached hydrogens (tertiary/aromatic N) is 1. The predicted molar refractivity (Wildman–Crippen MR) is 106 cm³/mol. The number of carbonyl (C=O) groups is 2. The first kappa shape index (κ1) is 20.1. The lowest BCUT2D eigenvalue weighted by atomic mass is 10.0. The van der Waals surface area contributed by atoms with Crippen molar-refractivity contribution in [3.05, 3.63) is 57.8 Å². The van der Waals surface area contributed by atoms with Gasteiger partial charge in [0.2, 0.25) is 11.8 Å². The second-order valence-corrected chi connectivity index (χ2v) is 7.65. The van der Waals surface area contributed by atoms with E-state index in [1.807, 2.05) is 56.7 Å². The number of carbonyl (C=O) groups excluding carboxylic acids is 2. The molecule has 1 aromatic carbocycles. The molecule has 0 saturated carbocycles. The zero-order chi connectivity index (χ0) is 19.1. The molecule has 2 rings (SSSR count). The lowest BCUT2D eigenvalue weighted by Gasteiger charge is -2.24. The van der Waals surface area contributed by atoms with Crippen LogP contribution >= 0.6 is 11.3 Å². The van der Waals surface area contributed by atoms with Crippen molar-refractivity contribution in [1.29, 1.82) is 0 Å². The van der Waals surface area contributed by atoms with Gasteiger partial charge in [-0.3, -0.25) is 9.59 Å². The van der Waals surface area contributed by atoms with Gasteiger partial charge >= 0.3 is 0 Å². The largest absolute Gasteiger partial charge is 0.354 e. The second kappa shape index (κ2) is 9.50. The molecule has 2 amide bonds. The van der Waals surface area contributed by atoms with Gasteiger partial charge < -0.3 is 15.5 Å². The molecule has 1 aromatic heterocycles. The SMILES string of the molecule is CC(=O)N[C@@H](CC(=O)NC[C@@H](c1cccs1)N(C)C)c1ccc(C)cc1. The Balaban J connectivity index is 2.00. The monoisotopic (exact) mass is 373 g/mol. The highest BCUT2D eigenvalue weighted by atomic mass is 32.1. The van der Waals surface area contributed by atoms with Crippen LogP contribution in [-0.4, -0.2) is 37.4 Å². The van der Waals surface area contributed by atoms with Gasteiger partial charge in [-0.25, -0.2) is 0 Å². The Morgan fingerprint density at radius 2 is 1.85 bits per heavy atom. The molecule has 0 radical (unpaired) electrons. The van der Waals surface area contributed by atoms with Crippen molar-refractivity contribution < 1.29 is 9.59 Å². The minimum Gasteiger partial charge on any atom is -0.354 e. The van der Waals surface area contributed by atoms with Gasteiger partial charge in [-0.15, -0.1) is 11.3 Å². The fourth-order valence-electron chi connectivity index (χ4n) is 2.78. The molecule has 0 bridgehead atoms. The summed E-state index contributed by atoms with van der Waals surface area (Å²) in [5.41, 5.74) is 2.08. The van der Waals surface area contributed by atoms with Crippen molar-refractivity contribution in [1.82, 2.24) is 15.5 Å². The van der Waals surface area contributed by atoms with Crippen molar-refractivity contribution in [3.8, 4) is 0 Å². The Kier molecular flexibility index (Phi) is 7.36. The van der Waals surface area contributed by atoms with Crippen LogP contribution in [0.3, 0.4) is 0 Å². The van der Waals surface area contributed by atoms with Crippen LogP contribution in [0.5, 0.6) is 0 Å². The minimum atomic E-state index is -0.326. The van der Waals surface area contributed by atoms with Crippen LogP contribution < -0.4 is 10.6 Å². The summed E-state index contributed by atoms with van der Waals surface area (Å²) in [5, 5.41) is 7.93. The summed E-state index contributed by atoms with van der Waals surface area (Å²) >= 11 is 1.68. The first-order chi connectivity index (χ1) is 12.4. The Labute approximate surface area is 159 Å². The van der Waals surface area contributed by atoms with Crippen LogP contribution in [-0.2, 0) is 9.59 Å². The van der Waals surface area contributed by atoms with Crippen LogP contribution in [0.1, 0.15) is 41.4 Å². The molecule has 0 fully saturated rings. The standard InChI is InChI=1S/C20H27N3O2S/c1-14-7-9-16(10-8-14)17(22-15(2)24)12-20(25)21-13-18(23(3)4)19-6-5-11-26-19/h5-11,17-18H,12-13H2,1-4H3,(H,21,25)(H,22,24)/t17-,18-/m0/s1. The molecule has 0 aliphatic heterocycles. The second-order valence-electron chi connectivity index (χ2n) is 6.67. The summed E-state index contributed by atoms with van der Waals surface area (Å²) in [7, 11) is 4.01. The highest BCUT2D eigenvalue weighted by Gasteiger charge is 2.20. The predicted octanol–water partition coefficient (Wildman–Crippen LogP) is 3.04. The number of hydrogen-bond donors (Lipinski definition) is 2. The van der Waals surface area contributed by atoms with Crippen LogP contribution in [0.15, 0.2) is 41.8 Å². The maximum Gasteiger partial charge on any atom is 0.222 e. The normalized spacial score (nSPS) is 13.3. The number of rotatable bonds is 8. The van der Waals surface area contributed by atoms with E-state index in [-0.39, 0.29) is 30.3 Å². The van der Waals surface area contributed by atoms with Gasteiger partial charge in [0.05, 0.1) is 18.5 Å². The maximum atomic E-state index is 12.5. The molecule has 2 atom stereocenters. The number of hydrogen-bond acceptors (Lipinski definition) is 4. The zero-order valence-electron chi connectivity index (χ0n) is 15.8. The van der Waals surface area contributed by atoms with Crippen LogP contribution in [0, 0.1) is 6.92 Å². The molecule has 0 aliphatic carbocycles. The average molecular weight is 374 g/mol. The quantitative estimate of drug-likeness (QED) is 0.748. The van der Waals surface area contributed by atoms with E-state index in [0.717, 1.165) is 11.1 Å². The number of benzene rings is 1. The van der Waals surface area contributed by atoms with Gasteiger partial charge in [0.25, 0.3) is 0 Å². The number of likely N-dealkylation sites (N-methyl/N-ethyl adjacent to an activating group) is 1. The molecule has 1 heterocycles. The molecule has 0 saturated heterocycles. The van der Waals surface area contributed by atoms with Gasteiger partial charge in [0, 0.05) is 18.3 Å².